The van der Waals surface area contributed by atoms with Crippen molar-refractivity contribution in [2.45, 2.75) is 19.4 Å². The Hall–Kier alpha value is -1.16. The second-order valence-electron chi connectivity index (χ2n) is 3.18. The van der Waals surface area contributed by atoms with Crippen molar-refractivity contribution in [1.82, 2.24) is 5.06 Å². The van der Waals surface area contributed by atoms with Gasteiger partial charge in [-0.05, 0) is 6.92 Å². The number of rotatable bonds is 2. The van der Waals surface area contributed by atoms with Crippen LogP contribution in [0.25, 0.3) is 0 Å². The van der Waals surface area contributed by atoms with Gasteiger partial charge in [0.25, 0.3) is 0 Å². The van der Waals surface area contributed by atoms with Crippen LogP contribution in [0, 0.1) is 5.92 Å². The minimum absolute atomic E-state index is 0.0769. The highest BCUT2D eigenvalue weighted by molar-refractivity contribution is 6.01. The van der Waals surface area contributed by atoms with Crippen molar-refractivity contribution in [3.63, 3.8) is 0 Å². The summed E-state index contributed by atoms with van der Waals surface area (Å²) in [6.07, 6.45) is 3.79. The van der Waals surface area contributed by atoms with Crippen molar-refractivity contribution in [2.75, 3.05) is 6.61 Å². The second-order valence-corrected chi connectivity index (χ2v) is 3.18. The third-order valence-electron chi connectivity index (χ3n) is 2.34. The molecule has 70 valence electrons. The van der Waals surface area contributed by atoms with Gasteiger partial charge in [0.05, 0.1) is 6.61 Å². The van der Waals surface area contributed by atoms with E-state index in [2.05, 4.69) is 0 Å². The van der Waals surface area contributed by atoms with Gasteiger partial charge in [0, 0.05) is 12.3 Å². The van der Waals surface area contributed by atoms with Crippen LogP contribution < -0.4 is 0 Å². The van der Waals surface area contributed by atoms with E-state index in [1.54, 1.807) is 19.1 Å². The largest absolute Gasteiger partial charge is 0.296 e. The molecule has 4 nitrogen and oxygen atoms in total. The molecule has 0 aromatic carbocycles. The number of nitrogens with zero attached hydrogens (tertiary/aromatic N) is 1. The first-order chi connectivity index (χ1) is 6.24. The molecule has 1 fully saturated rings. The average molecular weight is 181 g/mol. The number of piperidine rings is 1. The molecule has 0 unspecified atom stereocenters. The van der Waals surface area contributed by atoms with E-state index < -0.39 is 6.04 Å². The topological polar surface area (TPSA) is 46.6 Å². The molecule has 0 spiro atoms. The van der Waals surface area contributed by atoms with E-state index in [0.29, 0.717) is 6.61 Å². The Morgan fingerprint density at radius 1 is 1.54 bits per heavy atom. The van der Waals surface area contributed by atoms with Gasteiger partial charge in [0.15, 0.2) is 5.78 Å². The van der Waals surface area contributed by atoms with Gasteiger partial charge in [-0.15, -0.1) is 0 Å². The van der Waals surface area contributed by atoms with Gasteiger partial charge < -0.3 is 0 Å². The van der Waals surface area contributed by atoms with E-state index in [9.17, 15) is 9.59 Å². The van der Waals surface area contributed by atoms with Crippen LogP contribution in [0.3, 0.4) is 0 Å². The summed E-state index contributed by atoms with van der Waals surface area (Å²) in [5.41, 5.74) is 0. The number of hydrogen-bond acceptors (Lipinski definition) is 3. The smallest absolute Gasteiger partial charge is 0.248 e. The molecule has 1 heterocycles. The first kappa shape index (κ1) is 8.44. The first-order valence-electron chi connectivity index (χ1n) is 4.41. The lowest BCUT2D eigenvalue weighted by Gasteiger charge is -2.30. The van der Waals surface area contributed by atoms with E-state index in [4.69, 9.17) is 4.84 Å². The standard InChI is InChI=1S/C9H11NO3/c1-2-13-10-7-4-3-6(9(7)12)5-8(10)11/h3-4,6-7H,2,5H2,1H3/t6-,7+/m1/s1. The molecule has 2 rings (SSSR count). The van der Waals surface area contributed by atoms with Crippen molar-refractivity contribution in [2.24, 2.45) is 5.92 Å². The Kier molecular flexibility index (Phi) is 1.92. The molecule has 0 saturated carbocycles. The van der Waals surface area contributed by atoms with Crippen LogP contribution in [0.1, 0.15) is 13.3 Å². The van der Waals surface area contributed by atoms with E-state index in [1.165, 1.54) is 5.06 Å². The summed E-state index contributed by atoms with van der Waals surface area (Å²) in [5, 5.41) is 1.20. The van der Waals surface area contributed by atoms with Crippen LogP contribution in [0.2, 0.25) is 0 Å². The van der Waals surface area contributed by atoms with Gasteiger partial charge in [-0.1, -0.05) is 12.2 Å². The number of carbonyl (C=O) groups is 2. The molecule has 1 amide bonds. The molecule has 2 bridgehead atoms. The zero-order chi connectivity index (χ0) is 9.42. The summed E-state index contributed by atoms with van der Waals surface area (Å²) in [5.74, 6) is -0.219. The van der Waals surface area contributed by atoms with Gasteiger partial charge in [0.2, 0.25) is 5.91 Å². The summed E-state index contributed by atoms with van der Waals surface area (Å²) in [7, 11) is 0. The highest BCUT2D eigenvalue weighted by Crippen LogP contribution is 2.28. The molecular weight excluding hydrogens is 170 g/mol. The molecule has 0 radical (unpaired) electrons. The van der Waals surface area contributed by atoms with Crippen LogP contribution in [0.4, 0.5) is 0 Å². The van der Waals surface area contributed by atoms with Gasteiger partial charge in [-0.3, -0.25) is 14.4 Å². The maximum absolute atomic E-state index is 11.5. The molecule has 1 aliphatic heterocycles. The molecule has 1 saturated heterocycles. The monoisotopic (exact) mass is 181 g/mol. The van der Waals surface area contributed by atoms with Gasteiger partial charge in [0.1, 0.15) is 6.04 Å². The SMILES string of the molecule is CCON1C(=O)C[C@H]2C=C[C@H]1C2=O. The van der Waals surface area contributed by atoms with Crippen molar-refractivity contribution in [1.29, 1.82) is 0 Å². The van der Waals surface area contributed by atoms with Crippen LogP contribution in [-0.4, -0.2) is 29.4 Å². The van der Waals surface area contributed by atoms with Crippen LogP contribution in [0.15, 0.2) is 12.2 Å². The number of amides is 1. The van der Waals surface area contributed by atoms with Crippen LogP contribution in [-0.2, 0) is 14.4 Å². The molecular formula is C9H11NO3. The van der Waals surface area contributed by atoms with Crippen LogP contribution in [0.5, 0.6) is 0 Å². The fourth-order valence-electron chi connectivity index (χ4n) is 1.74. The highest BCUT2D eigenvalue weighted by Gasteiger charge is 2.43. The number of Topliss-reactive ketones (excluding diaryl/α,β-unsaturated/α-hetero) is 1. The summed E-state index contributed by atoms with van der Waals surface area (Å²) in [6.45, 7) is 2.20. The van der Waals surface area contributed by atoms with E-state index in [1.807, 2.05) is 0 Å². The van der Waals surface area contributed by atoms with Crippen molar-refractivity contribution in [3.8, 4) is 0 Å². The van der Waals surface area contributed by atoms with Gasteiger partial charge in [-0.2, -0.15) is 0 Å². The van der Waals surface area contributed by atoms with E-state index in [0.717, 1.165) is 0 Å². The zero-order valence-corrected chi connectivity index (χ0v) is 7.40. The number of ketones is 1. The second kappa shape index (κ2) is 2.96. The van der Waals surface area contributed by atoms with Crippen molar-refractivity contribution < 1.29 is 14.4 Å². The molecule has 4 heteroatoms. The number of hydroxylamine groups is 2. The van der Waals surface area contributed by atoms with Gasteiger partial charge in [-0.25, -0.2) is 5.06 Å². The molecule has 13 heavy (non-hydrogen) atoms. The van der Waals surface area contributed by atoms with Crippen molar-refractivity contribution in [3.05, 3.63) is 12.2 Å². The Bertz CT molecular complexity index is 285. The first-order valence-corrected chi connectivity index (χ1v) is 4.41. The predicted octanol–water partition coefficient (Wildman–Crippen LogP) is 0.294. The molecule has 0 aromatic heterocycles. The van der Waals surface area contributed by atoms with Crippen LogP contribution >= 0.6 is 0 Å². The molecule has 2 atom stereocenters. The molecule has 0 aromatic rings. The third-order valence-corrected chi connectivity index (χ3v) is 2.34. The molecule has 1 aliphatic carbocycles. The Labute approximate surface area is 76.1 Å². The third kappa shape index (κ3) is 1.18. The number of hydrogen-bond donors (Lipinski definition) is 0. The lowest BCUT2D eigenvalue weighted by Crippen LogP contribution is -2.48. The summed E-state index contributed by atoms with van der Waals surface area (Å²) in [4.78, 5) is 28.0. The predicted molar refractivity (Wildman–Crippen MR) is 44.5 cm³/mol. The fourth-order valence-corrected chi connectivity index (χ4v) is 1.74. The minimum atomic E-state index is -0.466. The van der Waals surface area contributed by atoms with Gasteiger partial charge >= 0.3 is 0 Å². The normalized spacial score (nSPS) is 31.6. The Balaban J connectivity index is 2.21. The Morgan fingerprint density at radius 2 is 2.31 bits per heavy atom. The van der Waals surface area contributed by atoms with Crippen molar-refractivity contribution >= 4 is 11.7 Å². The number of fused-ring (bicyclic) bond motifs is 2. The van der Waals surface area contributed by atoms with E-state index >= 15 is 0 Å². The minimum Gasteiger partial charge on any atom is -0.296 e. The lowest BCUT2D eigenvalue weighted by molar-refractivity contribution is -0.200. The highest BCUT2D eigenvalue weighted by atomic mass is 16.7. The average Bonchev–Trinajstić information content (AvgIpc) is 2.34. The maximum atomic E-state index is 11.5. The molecule has 0 N–H and O–H groups in total. The summed E-state index contributed by atoms with van der Waals surface area (Å²) in [6, 6.07) is -0.466. The number of carbonyl (C=O) groups excluding carboxylic acids is 2. The van der Waals surface area contributed by atoms with E-state index in [-0.39, 0.29) is 24.0 Å². The quantitative estimate of drug-likeness (QED) is 0.575. The lowest BCUT2D eigenvalue weighted by atomic mass is 9.98. The zero-order valence-electron chi connectivity index (χ0n) is 7.40. The Morgan fingerprint density at radius 3 is 3.00 bits per heavy atom. The summed E-state index contributed by atoms with van der Waals surface area (Å²) >= 11 is 0. The summed E-state index contributed by atoms with van der Waals surface area (Å²) < 4.78 is 0. The maximum Gasteiger partial charge on any atom is 0.248 e. The number of allylic oxidation sites excluding steroid dienone is 1. The fraction of sp³-hybridized carbons (Fsp3) is 0.556. The molecule has 2 aliphatic rings.